The number of carbonyl (C=O) groups excluding carboxylic acids is 1. The highest BCUT2D eigenvalue weighted by molar-refractivity contribution is 6.30. The van der Waals surface area contributed by atoms with Crippen LogP contribution >= 0.6 is 11.6 Å². The maximum Gasteiger partial charge on any atom is 0.321 e. The van der Waals surface area contributed by atoms with Crippen LogP contribution in [0.3, 0.4) is 0 Å². The molecular weight excluding hydrogens is 320 g/mol. The summed E-state index contributed by atoms with van der Waals surface area (Å²) in [6, 6.07) is 18.1. The zero-order valence-electron chi connectivity index (χ0n) is 13.5. The summed E-state index contributed by atoms with van der Waals surface area (Å²) in [6.07, 6.45) is 2.38. The van der Waals surface area contributed by atoms with E-state index in [-0.39, 0.29) is 6.03 Å². The van der Waals surface area contributed by atoms with Gasteiger partial charge in [0.05, 0.1) is 0 Å². The highest BCUT2D eigenvalue weighted by Crippen LogP contribution is 2.46. The Hall–Kier alpha value is -2.00. The molecule has 4 rings (SSSR count). The number of likely N-dealkylation sites (tertiary alicyclic amines) is 1. The van der Waals surface area contributed by atoms with E-state index in [0.29, 0.717) is 22.8 Å². The number of urea groups is 1. The summed E-state index contributed by atoms with van der Waals surface area (Å²) in [6.45, 7) is 1.72. The minimum absolute atomic E-state index is 0.0112. The van der Waals surface area contributed by atoms with Gasteiger partial charge in [0, 0.05) is 23.8 Å². The van der Waals surface area contributed by atoms with E-state index in [1.54, 1.807) is 12.1 Å². The Labute approximate surface area is 147 Å². The summed E-state index contributed by atoms with van der Waals surface area (Å²) in [4.78, 5) is 14.4. The minimum Gasteiger partial charge on any atom is -0.324 e. The quantitative estimate of drug-likeness (QED) is 0.820. The minimum atomic E-state index is -0.0112. The average Bonchev–Trinajstić information content (AvgIpc) is 3.14. The van der Waals surface area contributed by atoms with Gasteiger partial charge in [0.1, 0.15) is 0 Å². The number of amides is 2. The largest absolute Gasteiger partial charge is 0.324 e. The second-order valence-electron chi connectivity index (χ2n) is 6.94. The molecule has 1 unspecified atom stereocenters. The van der Waals surface area contributed by atoms with E-state index in [0.717, 1.165) is 18.8 Å². The van der Waals surface area contributed by atoms with E-state index in [4.69, 9.17) is 11.6 Å². The molecule has 2 fully saturated rings. The van der Waals surface area contributed by atoms with E-state index < -0.39 is 0 Å². The third-order valence-corrected chi connectivity index (χ3v) is 5.62. The number of fused-ring (bicyclic) bond motifs is 1. The molecule has 0 spiro atoms. The molecule has 1 saturated carbocycles. The maximum atomic E-state index is 12.5. The number of anilines is 1. The summed E-state index contributed by atoms with van der Waals surface area (Å²) in [7, 11) is 0. The summed E-state index contributed by atoms with van der Waals surface area (Å²) >= 11 is 5.98. The second-order valence-corrected chi connectivity index (χ2v) is 7.38. The fraction of sp³-hybridized carbons (Fsp3) is 0.350. The first-order chi connectivity index (χ1) is 11.7. The first-order valence-corrected chi connectivity index (χ1v) is 8.93. The van der Waals surface area contributed by atoms with Gasteiger partial charge in [-0.2, -0.15) is 0 Å². The lowest BCUT2D eigenvalue weighted by Crippen LogP contribution is -2.33. The highest BCUT2D eigenvalue weighted by atomic mass is 35.5. The van der Waals surface area contributed by atoms with Crippen LogP contribution < -0.4 is 5.32 Å². The molecule has 4 heteroatoms. The summed E-state index contributed by atoms with van der Waals surface area (Å²) in [5, 5.41) is 3.60. The smallest absolute Gasteiger partial charge is 0.321 e. The predicted molar refractivity (Wildman–Crippen MR) is 97.4 cm³/mol. The number of nitrogens with one attached hydrogen (secondary N) is 1. The Morgan fingerprint density at radius 1 is 1.00 bits per heavy atom. The van der Waals surface area contributed by atoms with Crippen LogP contribution in [0.2, 0.25) is 5.02 Å². The van der Waals surface area contributed by atoms with Crippen molar-refractivity contribution in [3.63, 3.8) is 0 Å². The number of hydrogen-bond donors (Lipinski definition) is 1. The molecule has 1 saturated heterocycles. The number of benzene rings is 2. The Morgan fingerprint density at radius 2 is 1.71 bits per heavy atom. The van der Waals surface area contributed by atoms with Crippen LogP contribution in [-0.2, 0) is 0 Å². The molecule has 1 aliphatic heterocycles. The van der Waals surface area contributed by atoms with Gasteiger partial charge in [0.2, 0.25) is 0 Å². The summed E-state index contributed by atoms with van der Waals surface area (Å²) in [5.41, 5.74) is 2.20. The van der Waals surface area contributed by atoms with E-state index in [1.807, 2.05) is 17.0 Å². The molecule has 1 heterocycles. The molecule has 2 amide bonds. The molecule has 2 aromatic rings. The van der Waals surface area contributed by atoms with Crippen molar-refractivity contribution in [1.82, 2.24) is 4.90 Å². The molecule has 0 radical (unpaired) electrons. The van der Waals surface area contributed by atoms with Crippen molar-refractivity contribution in [2.75, 3.05) is 18.4 Å². The molecule has 2 aliphatic rings. The normalized spacial score (nSPS) is 25.5. The molecule has 1 N–H and O–H groups in total. The third-order valence-electron chi connectivity index (χ3n) is 5.39. The van der Waals surface area contributed by atoms with Crippen molar-refractivity contribution >= 4 is 23.3 Å². The number of carbonyl (C=O) groups is 1. The number of rotatable bonds is 2. The fourth-order valence-electron chi connectivity index (χ4n) is 4.23. The van der Waals surface area contributed by atoms with Crippen LogP contribution in [0.1, 0.15) is 24.3 Å². The molecule has 3 nitrogen and oxygen atoms in total. The van der Waals surface area contributed by atoms with Crippen LogP contribution in [0.25, 0.3) is 0 Å². The standard InChI is InChI=1S/C20H21ClN2O/c21-18-7-4-8-19(11-18)22-20(24)23-12-16-9-15(10-17(16)13-23)14-5-2-1-3-6-14/h1-8,11,15-17H,9-10,12-13H2,(H,22,24)/t15?,16-,17+. The average molecular weight is 341 g/mol. The number of hydrogen-bond acceptors (Lipinski definition) is 1. The molecule has 2 aromatic carbocycles. The molecular formula is C20H21ClN2O. The Kier molecular flexibility index (Phi) is 4.19. The van der Waals surface area contributed by atoms with E-state index in [1.165, 1.54) is 18.4 Å². The topological polar surface area (TPSA) is 32.3 Å². The van der Waals surface area contributed by atoms with Gasteiger partial charge >= 0.3 is 6.03 Å². The van der Waals surface area contributed by atoms with Crippen LogP contribution in [0.4, 0.5) is 10.5 Å². The Bertz CT molecular complexity index is 719. The SMILES string of the molecule is O=C(Nc1cccc(Cl)c1)N1C[C@H]2CC(c3ccccc3)C[C@H]2C1. The predicted octanol–water partition coefficient (Wildman–Crippen LogP) is 5.00. The van der Waals surface area contributed by atoms with Gasteiger partial charge in [-0.15, -0.1) is 0 Å². The fourth-order valence-corrected chi connectivity index (χ4v) is 4.42. The van der Waals surface area contributed by atoms with E-state index in [9.17, 15) is 4.79 Å². The van der Waals surface area contributed by atoms with Crippen LogP contribution in [0, 0.1) is 11.8 Å². The Morgan fingerprint density at radius 3 is 2.38 bits per heavy atom. The third kappa shape index (κ3) is 3.13. The monoisotopic (exact) mass is 340 g/mol. The van der Waals surface area contributed by atoms with Crippen molar-refractivity contribution in [1.29, 1.82) is 0 Å². The lowest BCUT2D eigenvalue weighted by atomic mass is 9.96. The molecule has 24 heavy (non-hydrogen) atoms. The van der Waals surface area contributed by atoms with Gasteiger partial charge in [0.25, 0.3) is 0 Å². The van der Waals surface area contributed by atoms with Crippen molar-refractivity contribution < 1.29 is 4.79 Å². The van der Waals surface area contributed by atoms with Gasteiger partial charge in [-0.05, 0) is 54.4 Å². The lowest BCUT2D eigenvalue weighted by Gasteiger charge is -2.20. The van der Waals surface area contributed by atoms with Crippen molar-refractivity contribution in [2.45, 2.75) is 18.8 Å². The second kappa shape index (κ2) is 6.48. The highest BCUT2D eigenvalue weighted by Gasteiger charge is 2.42. The zero-order chi connectivity index (χ0) is 16.5. The van der Waals surface area contributed by atoms with Crippen LogP contribution in [0.5, 0.6) is 0 Å². The lowest BCUT2D eigenvalue weighted by molar-refractivity contribution is 0.218. The van der Waals surface area contributed by atoms with E-state index in [2.05, 4.69) is 35.6 Å². The summed E-state index contributed by atoms with van der Waals surface area (Å²) in [5.74, 6) is 1.90. The first-order valence-electron chi connectivity index (χ1n) is 8.55. The molecule has 1 aliphatic carbocycles. The van der Waals surface area contributed by atoms with Crippen molar-refractivity contribution in [2.24, 2.45) is 11.8 Å². The van der Waals surface area contributed by atoms with Crippen LogP contribution in [-0.4, -0.2) is 24.0 Å². The van der Waals surface area contributed by atoms with Gasteiger partial charge < -0.3 is 10.2 Å². The molecule has 0 aromatic heterocycles. The number of nitrogens with zero attached hydrogens (tertiary/aromatic N) is 1. The van der Waals surface area contributed by atoms with Crippen molar-refractivity contribution in [3.05, 3.63) is 65.2 Å². The zero-order valence-corrected chi connectivity index (χ0v) is 14.2. The Balaban J connectivity index is 1.36. The van der Waals surface area contributed by atoms with Crippen LogP contribution in [0.15, 0.2) is 54.6 Å². The summed E-state index contributed by atoms with van der Waals surface area (Å²) < 4.78 is 0. The molecule has 0 bridgehead atoms. The van der Waals surface area contributed by atoms with Gasteiger partial charge in [0.15, 0.2) is 0 Å². The van der Waals surface area contributed by atoms with E-state index >= 15 is 0 Å². The van der Waals surface area contributed by atoms with Gasteiger partial charge in [-0.25, -0.2) is 4.79 Å². The first kappa shape index (κ1) is 15.5. The molecule has 3 atom stereocenters. The van der Waals surface area contributed by atoms with Gasteiger partial charge in [-0.3, -0.25) is 0 Å². The van der Waals surface area contributed by atoms with Crippen molar-refractivity contribution in [3.8, 4) is 0 Å². The number of halogens is 1. The van der Waals surface area contributed by atoms with Gasteiger partial charge in [-0.1, -0.05) is 48.0 Å². The maximum absolute atomic E-state index is 12.5. The molecule has 124 valence electrons.